The third-order valence-electron chi connectivity index (χ3n) is 1.87. The molecule has 0 bridgehead atoms. The summed E-state index contributed by atoms with van der Waals surface area (Å²) < 4.78 is 10.3. The smallest absolute Gasteiger partial charge is 0.192 e. The first-order chi connectivity index (χ1) is 7.79. The summed E-state index contributed by atoms with van der Waals surface area (Å²) in [5.74, 6) is 0.427. The van der Waals surface area contributed by atoms with Gasteiger partial charge in [-0.1, -0.05) is 5.16 Å². The van der Waals surface area contributed by atoms with Gasteiger partial charge < -0.3 is 20.4 Å². The molecule has 0 aromatic carbocycles. The molecular weight excluding hydrogens is 210 g/mol. The molecule has 0 aliphatic rings. The largest absolute Gasteiger partial charge is 0.491 e. The number of nitrogens with zero attached hydrogens (tertiary/aromatic N) is 2. The molecule has 0 saturated carbocycles. The second-order valence-corrected chi connectivity index (χ2v) is 3.03. The Hall–Kier alpha value is -1.82. The lowest BCUT2D eigenvalue weighted by Gasteiger charge is -2.08. The second-order valence-electron chi connectivity index (χ2n) is 3.03. The van der Waals surface area contributed by atoms with E-state index in [2.05, 4.69) is 10.1 Å². The van der Waals surface area contributed by atoms with Crippen LogP contribution in [0.15, 0.2) is 23.5 Å². The minimum atomic E-state index is -0.0673. The Kier molecular flexibility index (Phi) is 5.07. The molecule has 1 rings (SSSR count). The summed E-state index contributed by atoms with van der Waals surface area (Å²) in [6.45, 7) is 1.12. The lowest BCUT2D eigenvalue weighted by molar-refractivity contribution is 0.172. The monoisotopic (exact) mass is 225 g/mol. The number of rotatable bonds is 6. The zero-order valence-electron chi connectivity index (χ0n) is 9.09. The van der Waals surface area contributed by atoms with Crippen LogP contribution in [-0.4, -0.2) is 36.4 Å². The molecule has 3 N–H and O–H groups in total. The van der Waals surface area contributed by atoms with Gasteiger partial charge in [-0.2, -0.15) is 0 Å². The van der Waals surface area contributed by atoms with Gasteiger partial charge in [0.15, 0.2) is 11.5 Å². The summed E-state index contributed by atoms with van der Waals surface area (Å²) >= 11 is 0. The SMILES string of the molecule is COCCCOc1cccnc1/C(N)=N/O. The molecule has 1 heterocycles. The van der Waals surface area contributed by atoms with Crippen molar-refractivity contribution in [3.63, 3.8) is 0 Å². The highest BCUT2D eigenvalue weighted by molar-refractivity contribution is 5.97. The normalized spacial score (nSPS) is 11.4. The molecule has 16 heavy (non-hydrogen) atoms. The molecule has 6 heteroatoms. The van der Waals surface area contributed by atoms with E-state index < -0.39 is 0 Å². The summed E-state index contributed by atoms with van der Waals surface area (Å²) in [4.78, 5) is 3.98. The van der Waals surface area contributed by atoms with E-state index in [1.54, 1.807) is 25.4 Å². The van der Waals surface area contributed by atoms with Crippen molar-refractivity contribution in [1.29, 1.82) is 0 Å². The maximum Gasteiger partial charge on any atom is 0.192 e. The molecule has 0 spiro atoms. The van der Waals surface area contributed by atoms with Crippen molar-refractivity contribution in [3.8, 4) is 5.75 Å². The van der Waals surface area contributed by atoms with Crippen molar-refractivity contribution < 1.29 is 14.7 Å². The third-order valence-corrected chi connectivity index (χ3v) is 1.87. The molecule has 0 amide bonds. The average Bonchev–Trinajstić information content (AvgIpc) is 2.34. The van der Waals surface area contributed by atoms with E-state index in [0.29, 0.717) is 24.7 Å². The van der Waals surface area contributed by atoms with Crippen molar-refractivity contribution in [2.45, 2.75) is 6.42 Å². The number of aromatic nitrogens is 1. The first-order valence-electron chi connectivity index (χ1n) is 4.84. The van der Waals surface area contributed by atoms with Crippen LogP contribution in [0, 0.1) is 0 Å². The Balaban J connectivity index is 2.64. The molecule has 6 nitrogen and oxygen atoms in total. The Morgan fingerprint density at radius 1 is 1.56 bits per heavy atom. The van der Waals surface area contributed by atoms with Crippen LogP contribution in [0.2, 0.25) is 0 Å². The molecule has 0 saturated heterocycles. The van der Waals surface area contributed by atoms with E-state index in [1.807, 2.05) is 0 Å². The minimum absolute atomic E-state index is 0.0673. The number of amidine groups is 1. The van der Waals surface area contributed by atoms with Gasteiger partial charge in [0.1, 0.15) is 5.75 Å². The molecule has 1 aromatic heterocycles. The van der Waals surface area contributed by atoms with Crippen LogP contribution in [0.4, 0.5) is 0 Å². The number of hydrogen-bond acceptors (Lipinski definition) is 5. The minimum Gasteiger partial charge on any atom is -0.491 e. The summed E-state index contributed by atoms with van der Waals surface area (Å²) in [5.41, 5.74) is 5.79. The lowest BCUT2D eigenvalue weighted by atomic mass is 10.3. The molecule has 0 fully saturated rings. The Morgan fingerprint density at radius 2 is 2.38 bits per heavy atom. The van der Waals surface area contributed by atoms with Crippen LogP contribution in [0.1, 0.15) is 12.1 Å². The molecule has 0 aliphatic carbocycles. The van der Waals surface area contributed by atoms with Crippen LogP contribution in [0.3, 0.4) is 0 Å². The summed E-state index contributed by atoms with van der Waals surface area (Å²) in [5, 5.41) is 11.5. The summed E-state index contributed by atoms with van der Waals surface area (Å²) in [6.07, 6.45) is 2.32. The van der Waals surface area contributed by atoms with Crippen molar-refractivity contribution in [1.82, 2.24) is 4.98 Å². The van der Waals surface area contributed by atoms with E-state index >= 15 is 0 Å². The van der Waals surface area contributed by atoms with Gasteiger partial charge in [-0.15, -0.1) is 0 Å². The summed E-state index contributed by atoms with van der Waals surface area (Å²) in [7, 11) is 1.63. The first-order valence-corrected chi connectivity index (χ1v) is 4.84. The lowest BCUT2D eigenvalue weighted by Crippen LogP contribution is -2.17. The van der Waals surface area contributed by atoms with Crippen LogP contribution in [-0.2, 0) is 4.74 Å². The highest BCUT2D eigenvalue weighted by Gasteiger charge is 2.08. The van der Waals surface area contributed by atoms with Gasteiger partial charge >= 0.3 is 0 Å². The molecule has 1 aromatic rings. The molecule has 0 radical (unpaired) electrons. The van der Waals surface area contributed by atoms with Gasteiger partial charge in [-0.05, 0) is 12.1 Å². The number of pyridine rings is 1. The third kappa shape index (κ3) is 3.39. The molecule has 0 unspecified atom stereocenters. The van der Waals surface area contributed by atoms with Crippen molar-refractivity contribution in [2.24, 2.45) is 10.9 Å². The summed E-state index contributed by atoms with van der Waals surface area (Å²) in [6, 6.07) is 3.44. The first kappa shape index (κ1) is 12.3. The highest BCUT2D eigenvalue weighted by atomic mass is 16.5. The zero-order chi connectivity index (χ0) is 11.8. The van der Waals surface area contributed by atoms with Crippen molar-refractivity contribution >= 4 is 5.84 Å². The Bertz CT molecular complexity index is 355. The fourth-order valence-corrected chi connectivity index (χ4v) is 1.13. The fourth-order valence-electron chi connectivity index (χ4n) is 1.13. The maximum absolute atomic E-state index is 8.57. The number of nitrogens with two attached hydrogens (primary N) is 1. The van der Waals surface area contributed by atoms with Gasteiger partial charge in [0.2, 0.25) is 0 Å². The van der Waals surface area contributed by atoms with Crippen LogP contribution < -0.4 is 10.5 Å². The fraction of sp³-hybridized carbons (Fsp3) is 0.400. The number of oxime groups is 1. The van der Waals surface area contributed by atoms with Gasteiger partial charge in [-0.25, -0.2) is 4.98 Å². The molecule has 0 atom stereocenters. The van der Waals surface area contributed by atoms with Crippen molar-refractivity contribution in [2.75, 3.05) is 20.3 Å². The van der Waals surface area contributed by atoms with Gasteiger partial charge in [-0.3, -0.25) is 0 Å². The molecule has 88 valence electrons. The predicted molar refractivity (Wildman–Crippen MR) is 58.7 cm³/mol. The van der Waals surface area contributed by atoms with Gasteiger partial charge in [0, 0.05) is 26.3 Å². The van der Waals surface area contributed by atoms with Crippen LogP contribution in [0.5, 0.6) is 5.75 Å². The van der Waals surface area contributed by atoms with E-state index in [9.17, 15) is 0 Å². The number of methoxy groups -OCH3 is 1. The topological polar surface area (TPSA) is 90.0 Å². The van der Waals surface area contributed by atoms with Crippen LogP contribution >= 0.6 is 0 Å². The van der Waals surface area contributed by atoms with Crippen LogP contribution in [0.25, 0.3) is 0 Å². The molecule has 0 aliphatic heterocycles. The standard InChI is InChI=1S/C10H15N3O3/c1-15-6-3-7-16-8-4-2-5-12-9(8)10(11)13-14/h2,4-5,14H,3,6-7H2,1H3,(H2,11,13). The Labute approximate surface area is 93.7 Å². The van der Waals surface area contributed by atoms with E-state index in [0.717, 1.165) is 6.42 Å². The van der Waals surface area contributed by atoms with Gasteiger partial charge in [0.25, 0.3) is 0 Å². The van der Waals surface area contributed by atoms with E-state index in [1.165, 1.54) is 0 Å². The number of hydrogen-bond donors (Lipinski definition) is 2. The quantitative estimate of drug-likeness (QED) is 0.243. The second kappa shape index (κ2) is 6.62. The van der Waals surface area contributed by atoms with Crippen molar-refractivity contribution in [3.05, 3.63) is 24.0 Å². The highest BCUT2D eigenvalue weighted by Crippen LogP contribution is 2.14. The molecular formula is C10H15N3O3. The van der Waals surface area contributed by atoms with E-state index in [-0.39, 0.29) is 5.84 Å². The zero-order valence-corrected chi connectivity index (χ0v) is 9.09. The Morgan fingerprint density at radius 3 is 3.06 bits per heavy atom. The maximum atomic E-state index is 8.57. The average molecular weight is 225 g/mol. The number of ether oxygens (including phenoxy) is 2. The van der Waals surface area contributed by atoms with E-state index in [4.69, 9.17) is 20.4 Å². The predicted octanol–water partition coefficient (Wildman–Crippen LogP) is 0.591. The van der Waals surface area contributed by atoms with Gasteiger partial charge in [0.05, 0.1) is 6.61 Å².